The van der Waals surface area contributed by atoms with Gasteiger partial charge in [-0.05, 0) is 70.6 Å². The lowest BCUT2D eigenvalue weighted by atomic mass is 9.91. The highest BCUT2D eigenvalue weighted by Crippen LogP contribution is 2.32. The van der Waals surface area contributed by atoms with Gasteiger partial charge in [-0.15, -0.1) is 0 Å². The second-order valence-corrected chi connectivity index (χ2v) is 8.34. The monoisotopic (exact) mass is 368 g/mol. The molecular weight excluding hydrogens is 332 g/mol. The summed E-state index contributed by atoms with van der Waals surface area (Å²) in [4.78, 5) is 11.2. The third-order valence-corrected chi connectivity index (χ3v) is 6.21. The van der Waals surface area contributed by atoms with E-state index in [1.54, 1.807) is 0 Å². The van der Waals surface area contributed by atoms with E-state index >= 15 is 0 Å². The lowest BCUT2D eigenvalue weighted by Crippen LogP contribution is -2.36. The molecule has 0 aromatic carbocycles. The number of rotatable bonds is 6. The van der Waals surface area contributed by atoms with Crippen molar-refractivity contribution in [2.45, 2.75) is 121 Å². The molecule has 26 heavy (non-hydrogen) atoms. The minimum atomic E-state index is -0.174. The second kappa shape index (κ2) is 10.0. The molecule has 0 saturated heterocycles. The van der Waals surface area contributed by atoms with Gasteiger partial charge >= 0.3 is 5.97 Å². The van der Waals surface area contributed by atoms with Crippen LogP contribution in [-0.2, 0) is 23.7 Å². The smallest absolute Gasteiger partial charge is 0.302 e. The van der Waals surface area contributed by atoms with Crippen molar-refractivity contribution < 1.29 is 23.7 Å². The highest BCUT2D eigenvalue weighted by molar-refractivity contribution is 5.66. The lowest BCUT2D eigenvalue weighted by molar-refractivity contribution is -0.152. The largest absolute Gasteiger partial charge is 0.462 e. The third kappa shape index (κ3) is 6.21. The molecule has 5 nitrogen and oxygen atoms in total. The van der Waals surface area contributed by atoms with E-state index in [2.05, 4.69) is 0 Å². The number of carbonyl (C=O) groups excluding carboxylic acids is 1. The van der Waals surface area contributed by atoms with Crippen LogP contribution < -0.4 is 0 Å². The maximum absolute atomic E-state index is 11.2. The molecule has 5 heteroatoms. The fraction of sp³-hybridized carbons (Fsp3) is 0.952. The van der Waals surface area contributed by atoms with Crippen LogP contribution in [-0.4, -0.2) is 49.7 Å². The average molecular weight is 369 g/mol. The van der Waals surface area contributed by atoms with Crippen LogP contribution in [0.15, 0.2) is 0 Å². The summed E-state index contributed by atoms with van der Waals surface area (Å²) in [6, 6.07) is 0. The minimum absolute atomic E-state index is 0.0472. The van der Waals surface area contributed by atoms with Gasteiger partial charge in [-0.2, -0.15) is 0 Å². The number of esters is 1. The maximum atomic E-state index is 11.2. The van der Waals surface area contributed by atoms with Gasteiger partial charge in [-0.1, -0.05) is 0 Å². The molecule has 0 spiro atoms. The van der Waals surface area contributed by atoms with Crippen molar-refractivity contribution >= 4 is 5.97 Å². The SMILES string of the molecule is COC1CCCC(OC2CCC(OC3CCCC(OC(C)=O)C3)CC2)C1. The molecule has 0 amide bonds. The van der Waals surface area contributed by atoms with Crippen molar-refractivity contribution in [3.63, 3.8) is 0 Å². The molecule has 0 bridgehead atoms. The van der Waals surface area contributed by atoms with Gasteiger partial charge < -0.3 is 18.9 Å². The van der Waals surface area contributed by atoms with Crippen molar-refractivity contribution in [3.05, 3.63) is 0 Å². The van der Waals surface area contributed by atoms with Gasteiger partial charge in [0, 0.05) is 20.5 Å². The zero-order chi connectivity index (χ0) is 18.4. The number of hydrogen-bond donors (Lipinski definition) is 0. The van der Waals surface area contributed by atoms with Crippen molar-refractivity contribution in [3.8, 4) is 0 Å². The molecular formula is C21H36O5. The summed E-state index contributed by atoms with van der Waals surface area (Å²) in [7, 11) is 1.81. The second-order valence-electron chi connectivity index (χ2n) is 8.34. The molecule has 4 unspecified atom stereocenters. The summed E-state index contributed by atoms with van der Waals surface area (Å²) in [5.74, 6) is -0.174. The first-order valence-corrected chi connectivity index (χ1v) is 10.6. The predicted molar refractivity (Wildman–Crippen MR) is 99.1 cm³/mol. The van der Waals surface area contributed by atoms with Gasteiger partial charge in [0.25, 0.3) is 0 Å². The number of methoxy groups -OCH3 is 1. The van der Waals surface area contributed by atoms with Crippen molar-refractivity contribution in [2.24, 2.45) is 0 Å². The summed E-state index contributed by atoms with van der Waals surface area (Å²) >= 11 is 0. The molecule has 0 aliphatic heterocycles. The van der Waals surface area contributed by atoms with Crippen molar-refractivity contribution in [1.29, 1.82) is 0 Å². The van der Waals surface area contributed by atoms with E-state index in [1.807, 2.05) is 7.11 Å². The third-order valence-electron chi connectivity index (χ3n) is 6.21. The Hall–Kier alpha value is -0.650. The zero-order valence-corrected chi connectivity index (χ0v) is 16.5. The highest BCUT2D eigenvalue weighted by Gasteiger charge is 2.31. The van der Waals surface area contributed by atoms with Gasteiger partial charge in [0.2, 0.25) is 0 Å². The fourth-order valence-corrected chi connectivity index (χ4v) is 4.86. The Bertz CT molecular complexity index is 432. The molecule has 0 aromatic heterocycles. The number of ether oxygens (including phenoxy) is 4. The fourth-order valence-electron chi connectivity index (χ4n) is 4.86. The predicted octanol–water partition coefficient (Wildman–Crippen LogP) is 4.16. The van der Waals surface area contributed by atoms with Crippen molar-refractivity contribution in [1.82, 2.24) is 0 Å². The molecule has 150 valence electrons. The topological polar surface area (TPSA) is 54.0 Å². The molecule has 3 aliphatic rings. The van der Waals surface area contributed by atoms with E-state index in [0.717, 1.165) is 57.8 Å². The molecule has 0 N–H and O–H groups in total. The van der Waals surface area contributed by atoms with Crippen LogP contribution >= 0.6 is 0 Å². The van der Waals surface area contributed by atoms with Crippen molar-refractivity contribution in [2.75, 3.05) is 7.11 Å². The van der Waals surface area contributed by atoms with E-state index in [9.17, 15) is 4.79 Å². The van der Waals surface area contributed by atoms with Gasteiger partial charge in [0.05, 0.1) is 30.5 Å². The van der Waals surface area contributed by atoms with E-state index in [0.29, 0.717) is 24.4 Å². The van der Waals surface area contributed by atoms with Crippen LogP contribution in [0.4, 0.5) is 0 Å². The van der Waals surface area contributed by atoms with Gasteiger partial charge in [0.15, 0.2) is 0 Å². The highest BCUT2D eigenvalue weighted by atomic mass is 16.5. The van der Waals surface area contributed by atoms with E-state index in [4.69, 9.17) is 18.9 Å². The van der Waals surface area contributed by atoms with Crippen LogP contribution in [0.25, 0.3) is 0 Å². The van der Waals surface area contributed by atoms with E-state index < -0.39 is 0 Å². The molecule has 0 radical (unpaired) electrons. The number of hydrogen-bond acceptors (Lipinski definition) is 5. The Balaban J connectivity index is 1.35. The normalized spacial score (nSPS) is 38.7. The molecule has 3 fully saturated rings. The van der Waals surface area contributed by atoms with Crippen LogP contribution in [0.5, 0.6) is 0 Å². The average Bonchev–Trinajstić information content (AvgIpc) is 2.63. The molecule has 0 heterocycles. The molecule has 3 saturated carbocycles. The van der Waals surface area contributed by atoms with Crippen LogP contribution in [0.2, 0.25) is 0 Å². The van der Waals surface area contributed by atoms with Gasteiger partial charge in [-0.3, -0.25) is 4.79 Å². The van der Waals surface area contributed by atoms with Crippen LogP contribution in [0.3, 0.4) is 0 Å². The van der Waals surface area contributed by atoms with Gasteiger partial charge in [0.1, 0.15) is 6.10 Å². The molecule has 3 aliphatic carbocycles. The maximum Gasteiger partial charge on any atom is 0.302 e. The van der Waals surface area contributed by atoms with E-state index in [-0.39, 0.29) is 18.2 Å². The summed E-state index contributed by atoms with van der Waals surface area (Å²) in [5, 5.41) is 0. The standard InChI is InChI=1S/C21H36O5/c1-15(22)24-19-6-4-8-21(14-19)26-17-11-9-16(10-12-17)25-20-7-3-5-18(13-20)23-2/h16-21H,3-14H2,1-2H3. The van der Waals surface area contributed by atoms with Crippen LogP contribution in [0, 0.1) is 0 Å². The molecule has 0 aromatic rings. The first kappa shape index (κ1) is 20.1. The Morgan fingerprint density at radius 3 is 1.62 bits per heavy atom. The Morgan fingerprint density at radius 2 is 1.12 bits per heavy atom. The molecule has 4 atom stereocenters. The summed E-state index contributed by atoms with van der Waals surface area (Å²) < 4.78 is 23.6. The zero-order valence-electron chi connectivity index (χ0n) is 16.5. The first-order valence-electron chi connectivity index (χ1n) is 10.6. The molecule has 3 rings (SSSR count). The quantitative estimate of drug-likeness (QED) is 0.659. The van der Waals surface area contributed by atoms with E-state index in [1.165, 1.54) is 26.2 Å². The Labute approximate surface area is 158 Å². The summed E-state index contributed by atoms with van der Waals surface area (Å²) in [6.07, 6.45) is 14.8. The number of carbonyl (C=O) groups is 1. The first-order chi connectivity index (χ1) is 12.6. The summed E-state index contributed by atoms with van der Waals surface area (Å²) in [6.45, 7) is 1.49. The van der Waals surface area contributed by atoms with Gasteiger partial charge in [-0.25, -0.2) is 0 Å². The Morgan fingerprint density at radius 1 is 0.654 bits per heavy atom. The minimum Gasteiger partial charge on any atom is -0.462 e. The summed E-state index contributed by atoms with van der Waals surface area (Å²) in [5.41, 5.74) is 0. The Kier molecular flexibility index (Phi) is 7.77. The lowest BCUT2D eigenvalue weighted by Gasteiger charge is -2.37. The van der Waals surface area contributed by atoms with Crippen LogP contribution in [0.1, 0.15) is 84.0 Å².